The summed E-state index contributed by atoms with van der Waals surface area (Å²) in [6, 6.07) is 14.4. The summed E-state index contributed by atoms with van der Waals surface area (Å²) in [6.07, 6.45) is 2.21. The molecule has 4 rings (SSSR count). The third-order valence-corrected chi connectivity index (χ3v) is 5.55. The number of carbonyl (C=O) groups excluding carboxylic acids is 1. The van der Waals surface area contributed by atoms with Crippen molar-refractivity contribution in [2.75, 3.05) is 5.32 Å². The molecule has 2 aromatic heterocycles. The molecular formula is C24H22ClN5O3. The number of hydrogen-bond donors (Lipinski definition) is 1. The van der Waals surface area contributed by atoms with Gasteiger partial charge in [0.15, 0.2) is 11.5 Å². The molecule has 4 aromatic rings. The van der Waals surface area contributed by atoms with Gasteiger partial charge >= 0.3 is 5.69 Å². The van der Waals surface area contributed by atoms with Crippen LogP contribution in [-0.2, 0) is 24.3 Å². The number of aromatic nitrogens is 4. The second-order valence-electron chi connectivity index (χ2n) is 7.46. The average Bonchev–Trinajstić information content (AvgIpc) is 2.82. The molecule has 0 spiro atoms. The van der Waals surface area contributed by atoms with Crippen LogP contribution < -0.4 is 16.6 Å². The van der Waals surface area contributed by atoms with E-state index < -0.39 is 23.7 Å². The van der Waals surface area contributed by atoms with Crippen molar-refractivity contribution in [2.24, 2.45) is 0 Å². The van der Waals surface area contributed by atoms with Gasteiger partial charge in [-0.3, -0.25) is 18.7 Å². The zero-order valence-electron chi connectivity index (χ0n) is 18.2. The first kappa shape index (κ1) is 22.4. The molecule has 2 aromatic carbocycles. The van der Waals surface area contributed by atoms with Gasteiger partial charge in [-0.25, -0.2) is 14.8 Å². The Hall–Kier alpha value is -3.78. The van der Waals surface area contributed by atoms with Crippen LogP contribution in [0.4, 0.5) is 5.69 Å². The van der Waals surface area contributed by atoms with Crippen LogP contribution in [0.25, 0.3) is 22.4 Å². The molecule has 0 saturated heterocycles. The summed E-state index contributed by atoms with van der Waals surface area (Å²) >= 11 is 5.95. The van der Waals surface area contributed by atoms with Gasteiger partial charge in [-0.1, -0.05) is 30.7 Å². The van der Waals surface area contributed by atoms with Crippen LogP contribution in [-0.4, -0.2) is 25.0 Å². The molecule has 0 radical (unpaired) electrons. The predicted molar refractivity (Wildman–Crippen MR) is 129 cm³/mol. The Morgan fingerprint density at radius 1 is 1.06 bits per heavy atom. The largest absolute Gasteiger partial charge is 0.333 e. The minimum absolute atomic E-state index is 0.162. The lowest BCUT2D eigenvalue weighted by atomic mass is 10.1. The second kappa shape index (κ2) is 9.38. The summed E-state index contributed by atoms with van der Waals surface area (Å²) in [4.78, 5) is 47.5. The van der Waals surface area contributed by atoms with Crippen molar-refractivity contribution in [3.8, 4) is 11.4 Å². The minimum Gasteiger partial charge on any atom is -0.325 e. The first-order valence-corrected chi connectivity index (χ1v) is 10.9. The number of carbonyl (C=O) groups is 1. The summed E-state index contributed by atoms with van der Waals surface area (Å²) in [5.74, 6) is -0.102. The number of nitrogens with one attached hydrogen (secondary N) is 1. The highest BCUT2D eigenvalue weighted by atomic mass is 35.5. The van der Waals surface area contributed by atoms with Crippen LogP contribution in [0, 0.1) is 0 Å². The number of benzene rings is 2. The predicted octanol–water partition coefficient (Wildman–Crippen LogP) is 3.49. The normalized spacial score (nSPS) is 11.0. The molecule has 0 aliphatic rings. The Kier molecular flexibility index (Phi) is 6.37. The van der Waals surface area contributed by atoms with E-state index in [1.165, 1.54) is 10.8 Å². The monoisotopic (exact) mass is 463 g/mol. The lowest BCUT2D eigenvalue weighted by molar-refractivity contribution is -0.116. The minimum atomic E-state index is -0.611. The summed E-state index contributed by atoms with van der Waals surface area (Å²) in [5.41, 5.74) is 1.39. The number of hydrogen-bond acceptors (Lipinski definition) is 5. The molecule has 0 unspecified atom stereocenters. The van der Waals surface area contributed by atoms with Gasteiger partial charge in [-0.15, -0.1) is 0 Å². The number of halogens is 1. The highest BCUT2D eigenvalue weighted by Gasteiger charge is 2.17. The quantitative estimate of drug-likeness (QED) is 0.472. The molecule has 0 fully saturated rings. The van der Waals surface area contributed by atoms with Crippen molar-refractivity contribution in [1.29, 1.82) is 0 Å². The number of nitrogens with zero attached hydrogens (tertiary/aromatic N) is 4. The van der Waals surface area contributed by atoms with Crippen molar-refractivity contribution in [3.05, 3.63) is 86.2 Å². The maximum atomic E-state index is 13.1. The van der Waals surface area contributed by atoms with E-state index in [4.69, 9.17) is 11.6 Å². The Balaban J connectivity index is 1.72. The van der Waals surface area contributed by atoms with Gasteiger partial charge in [0, 0.05) is 29.0 Å². The van der Waals surface area contributed by atoms with E-state index in [-0.39, 0.29) is 17.6 Å². The molecule has 9 heteroatoms. The zero-order valence-corrected chi connectivity index (χ0v) is 19.0. The fourth-order valence-electron chi connectivity index (χ4n) is 3.57. The highest BCUT2D eigenvalue weighted by Crippen LogP contribution is 2.19. The molecule has 33 heavy (non-hydrogen) atoms. The van der Waals surface area contributed by atoms with Crippen LogP contribution in [0.15, 0.2) is 64.3 Å². The molecule has 0 saturated carbocycles. The Labute approximate surface area is 194 Å². The first-order chi connectivity index (χ1) is 15.9. The summed E-state index contributed by atoms with van der Waals surface area (Å²) in [5, 5.41) is 3.49. The lowest BCUT2D eigenvalue weighted by Gasteiger charge is -2.13. The maximum absolute atomic E-state index is 13.1. The summed E-state index contributed by atoms with van der Waals surface area (Å²) < 4.78 is 2.28. The first-order valence-electron chi connectivity index (χ1n) is 10.6. The number of aryl methyl sites for hydroxylation is 2. The van der Waals surface area contributed by atoms with E-state index in [1.807, 2.05) is 25.1 Å². The van der Waals surface area contributed by atoms with E-state index in [1.54, 1.807) is 37.3 Å². The van der Waals surface area contributed by atoms with Gasteiger partial charge in [0.1, 0.15) is 11.9 Å². The van der Waals surface area contributed by atoms with Gasteiger partial charge in [-0.2, -0.15) is 0 Å². The molecule has 0 aliphatic carbocycles. The maximum Gasteiger partial charge on any atom is 0.333 e. The Morgan fingerprint density at radius 2 is 1.82 bits per heavy atom. The van der Waals surface area contributed by atoms with Crippen molar-refractivity contribution >= 4 is 34.2 Å². The van der Waals surface area contributed by atoms with Gasteiger partial charge in [0.05, 0.1) is 0 Å². The van der Waals surface area contributed by atoms with Gasteiger partial charge in [0.25, 0.3) is 5.56 Å². The average molecular weight is 464 g/mol. The molecule has 0 aliphatic heterocycles. The number of amides is 1. The smallest absolute Gasteiger partial charge is 0.325 e. The summed E-state index contributed by atoms with van der Waals surface area (Å²) in [6.45, 7) is 3.65. The van der Waals surface area contributed by atoms with Crippen LogP contribution in [0.1, 0.15) is 19.4 Å². The van der Waals surface area contributed by atoms with Crippen LogP contribution in [0.3, 0.4) is 0 Å². The zero-order chi connectivity index (χ0) is 23.5. The lowest BCUT2D eigenvalue weighted by Crippen LogP contribution is -2.42. The van der Waals surface area contributed by atoms with Crippen LogP contribution >= 0.6 is 11.6 Å². The van der Waals surface area contributed by atoms with Crippen molar-refractivity contribution < 1.29 is 4.79 Å². The molecule has 0 atom stereocenters. The molecule has 2 heterocycles. The molecule has 8 nitrogen and oxygen atoms in total. The van der Waals surface area contributed by atoms with Crippen molar-refractivity contribution in [2.45, 2.75) is 33.4 Å². The Morgan fingerprint density at radius 3 is 2.52 bits per heavy atom. The van der Waals surface area contributed by atoms with Crippen molar-refractivity contribution in [3.63, 3.8) is 0 Å². The topological polar surface area (TPSA) is 98.9 Å². The van der Waals surface area contributed by atoms with E-state index in [9.17, 15) is 14.4 Å². The van der Waals surface area contributed by atoms with Crippen molar-refractivity contribution in [1.82, 2.24) is 19.1 Å². The fraction of sp³-hybridized carbons (Fsp3) is 0.208. The third kappa shape index (κ3) is 4.56. The molecular weight excluding hydrogens is 442 g/mol. The molecule has 168 valence electrons. The number of rotatable bonds is 6. The Bertz CT molecular complexity index is 1460. The standard InChI is InChI=1S/C24H22ClN5O3/c1-3-15-6-5-7-18(12-15)27-20(31)14-30-23(32)19-13-26-21(16-8-10-17(25)11-9-16)28-22(19)29(4-2)24(30)33/h5-13H,3-4,14H2,1-2H3,(H,27,31). The van der Waals surface area contributed by atoms with Gasteiger partial charge in [0.2, 0.25) is 5.91 Å². The van der Waals surface area contributed by atoms with E-state index in [2.05, 4.69) is 15.3 Å². The second-order valence-corrected chi connectivity index (χ2v) is 7.89. The van der Waals surface area contributed by atoms with Crippen LogP contribution in [0.5, 0.6) is 0 Å². The van der Waals surface area contributed by atoms with E-state index >= 15 is 0 Å². The molecule has 0 bridgehead atoms. The molecule has 1 amide bonds. The fourth-order valence-corrected chi connectivity index (χ4v) is 3.70. The van der Waals surface area contributed by atoms with Crippen LogP contribution in [0.2, 0.25) is 5.02 Å². The SMILES string of the molecule is CCc1cccc(NC(=O)Cn2c(=O)c3cnc(-c4ccc(Cl)cc4)nc3n(CC)c2=O)c1. The summed E-state index contributed by atoms with van der Waals surface area (Å²) in [7, 11) is 0. The third-order valence-electron chi connectivity index (χ3n) is 5.30. The van der Waals surface area contributed by atoms with E-state index in [0.29, 0.717) is 22.1 Å². The van der Waals surface area contributed by atoms with Gasteiger partial charge in [-0.05, 0) is 55.3 Å². The van der Waals surface area contributed by atoms with Gasteiger partial charge < -0.3 is 5.32 Å². The van der Waals surface area contributed by atoms with E-state index in [0.717, 1.165) is 16.6 Å². The number of fused-ring (bicyclic) bond motifs is 1. The molecule has 1 N–H and O–H groups in total. The highest BCUT2D eigenvalue weighted by molar-refractivity contribution is 6.30. The number of anilines is 1.